The summed E-state index contributed by atoms with van der Waals surface area (Å²) in [6.07, 6.45) is 0. The number of nitrogens with one attached hydrogen (secondary N) is 2. The van der Waals surface area contributed by atoms with Crippen LogP contribution in [0.4, 0.5) is 23.0 Å². The van der Waals surface area contributed by atoms with Crippen molar-refractivity contribution in [3.05, 3.63) is 42.1 Å². The second kappa shape index (κ2) is 9.53. The molecular weight excluding hydrogens is 412 g/mol. The largest absolute Gasteiger partial charge is 0.493 e. The average Bonchev–Trinajstić information content (AvgIpc) is 2.78. The fourth-order valence-corrected chi connectivity index (χ4v) is 3.06. The van der Waals surface area contributed by atoms with Crippen LogP contribution in [0.25, 0.3) is 11.3 Å². The zero-order chi connectivity index (χ0) is 23.3. The third-order valence-corrected chi connectivity index (χ3v) is 4.41. The number of nitrogens with two attached hydrogens (primary N) is 1. The van der Waals surface area contributed by atoms with Crippen molar-refractivity contribution in [1.82, 2.24) is 9.97 Å². The number of ether oxygens (including phenoxy) is 3. The van der Waals surface area contributed by atoms with Crippen LogP contribution in [0.3, 0.4) is 0 Å². The maximum absolute atomic E-state index is 11.4. The zero-order valence-corrected chi connectivity index (χ0v) is 18.0. The van der Waals surface area contributed by atoms with E-state index >= 15 is 0 Å². The molecule has 1 aromatic heterocycles. The topological polar surface area (TPSA) is 144 Å². The first-order chi connectivity index (χ1) is 15.4. The summed E-state index contributed by atoms with van der Waals surface area (Å²) in [6, 6.07) is 12.3. The number of rotatable bonds is 7. The fourth-order valence-electron chi connectivity index (χ4n) is 3.06. The van der Waals surface area contributed by atoms with Crippen LogP contribution in [0.1, 0.15) is 12.6 Å². The van der Waals surface area contributed by atoms with Crippen LogP contribution in [0.5, 0.6) is 17.2 Å². The summed E-state index contributed by atoms with van der Waals surface area (Å²) in [6.45, 7) is 1.42. The number of nitrogens with zero attached hydrogens (tertiary/aromatic N) is 3. The first-order valence-corrected chi connectivity index (χ1v) is 9.42. The van der Waals surface area contributed by atoms with E-state index in [9.17, 15) is 10.1 Å². The van der Waals surface area contributed by atoms with Gasteiger partial charge in [0.2, 0.25) is 11.7 Å². The van der Waals surface area contributed by atoms with Crippen molar-refractivity contribution < 1.29 is 19.0 Å². The van der Waals surface area contributed by atoms with E-state index in [4.69, 9.17) is 19.9 Å². The summed E-state index contributed by atoms with van der Waals surface area (Å²) in [4.78, 5) is 20.1. The Morgan fingerprint density at radius 3 is 2.28 bits per heavy atom. The number of hydrogen-bond donors (Lipinski definition) is 3. The SMILES string of the molecule is COc1cc(Nc2nc(-c3cccc(NC(C)=O)c3)c(N)nc2C#N)cc(OC)c1OC. The van der Waals surface area contributed by atoms with Crippen LogP contribution < -0.4 is 30.6 Å². The highest BCUT2D eigenvalue weighted by molar-refractivity contribution is 5.90. The molecule has 0 aliphatic carbocycles. The van der Waals surface area contributed by atoms with Crippen molar-refractivity contribution >= 4 is 28.9 Å². The molecule has 1 amide bonds. The third kappa shape index (κ3) is 4.62. The number of benzene rings is 2. The summed E-state index contributed by atoms with van der Waals surface area (Å²) < 4.78 is 16.1. The van der Waals surface area contributed by atoms with Gasteiger partial charge >= 0.3 is 0 Å². The Morgan fingerprint density at radius 1 is 1.03 bits per heavy atom. The Hall–Kier alpha value is -4.52. The normalized spacial score (nSPS) is 10.1. The lowest BCUT2D eigenvalue weighted by atomic mass is 10.1. The molecule has 0 saturated heterocycles. The summed E-state index contributed by atoms with van der Waals surface area (Å²) in [5.41, 5.74) is 8.18. The second-order valence-corrected chi connectivity index (χ2v) is 6.57. The number of nitrogen functional groups attached to an aromatic ring is 1. The highest BCUT2D eigenvalue weighted by atomic mass is 16.5. The molecule has 0 radical (unpaired) electrons. The Balaban J connectivity index is 2.07. The van der Waals surface area contributed by atoms with Crippen molar-refractivity contribution in [2.45, 2.75) is 6.92 Å². The van der Waals surface area contributed by atoms with E-state index in [-0.39, 0.29) is 23.2 Å². The van der Waals surface area contributed by atoms with Gasteiger partial charge in [0.25, 0.3) is 0 Å². The van der Waals surface area contributed by atoms with Crippen LogP contribution in [0, 0.1) is 11.3 Å². The minimum atomic E-state index is -0.203. The first-order valence-electron chi connectivity index (χ1n) is 9.42. The van der Waals surface area contributed by atoms with Gasteiger partial charge in [-0.3, -0.25) is 4.79 Å². The Morgan fingerprint density at radius 2 is 1.72 bits per heavy atom. The van der Waals surface area contributed by atoms with Gasteiger partial charge in [-0.15, -0.1) is 0 Å². The van der Waals surface area contributed by atoms with Crippen LogP contribution in [-0.2, 0) is 4.79 Å². The average molecular weight is 434 g/mol. The van der Waals surface area contributed by atoms with E-state index in [2.05, 4.69) is 20.6 Å². The van der Waals surface area contributed by atoms with Crippen LogP contribution in [0.2, 0.25) is 0 Å². The van der Waals surface area contributed by atoms with Gasteiger partial charge in [-0.25, -0.2) is 9.97 Å². The number of anilines is 4. The lowest BCUT2D eigenvalue weighted by molar-refractivity contribution is -0.114. The molecule has 0 aliphatic heterocycles. The second-order valence-electron chi connectivity index (χ2n) is 6.57. The Kier molecular flexibility index (Phi) is 6.60. The third-order valence-electron chi connectivity index (χ3n) is 4.41. The summed E-state index contributed by atoms with van der Waals surface area (Å²) in [5.74, 6) is 1.36. The molecule has 3 rings (SSSR count). The molecular formula is C22H22N6O4. The molecule has 0 spiro atoms. The molecule has 3 aromatic rings. The van der Waals surface area contributed by atoms with Crippen molar-refractivity contribution in [1.29, 1.82) is 5.26 Å². The summed E-state index contributed by atoms with van der Waals surface area (Å²) in [5, 5.41) is 15.3. The van der Waals surface area contributed by atoms with Crippen molar-refractivity contribution in [3.63, 3.8) is 0 Å². The maximum atomic E-state index is 11.4. The minimum Gasteiger partial charge on any atom is -0.493 e. The predicted octanol–water partition coefficient (Wildman–Crippen LogP) is 3.33. The molecule has 10 heteroatoms. The van der Waals surface area contributed by atoms with Crippen molar-refractivity contribution in [2.24, 2.45) is 0 Å². The number of carbonyl (C=O) groups is 1. The number of nitriles is 1. The molecule has 0 atom stereocenters. The minimum absolute atomic E-state index is 0.0121. The van der Waals surface area contributed by atoms with E-state index in [1.807, 2.05) is 6.07 Å². The van der Waals surface area contributed by atoms with Crippen molar-refractivity contribution in [3.8, 4) is 34.6 Å². The summed E-state index contributed by atoms with van der Waals surface area (Å²) >= 11 is 0. The van der Waals surface area contributed by atoms with Gasteiger partial charge in [0.15, 0.2) is 28.8 Å². The van der Waals surface area contributed by atoms with Gasteiger partial charge in [0, 0.05) is 36.0 Å². The monoisotopic (exact) mass is 434 g/mol. The lowest BCUT2D eigenvalue weighted by Crippen LogP contribution is -2.07. The zero-order valence-electron chi connectivity index (χ0n) is 18.0. The molecule has 1 heterocycles. The number of amides is 1. The number of hydrogen-bond acceptors (Lipinski definition) is 9. The molecule has 10 nitrogen and oxygen atoms in total. The molecule has 0 saturated carbocycles. The Labute approximate surface area is 185 Å². The van der Waals surface area contributed by atoms with Gasteiger partial charge < -0.3 is 30.6 Å². The van der Waals surface area contributed by atoms with Crippen LogP contribution in [-0.4, -0.2) is 37.2 Å². The van der Waals surface area contributed by atoms with E-state index in [1.54, 1.807) is 36.4 Å². The van der Waals surface area contributed by atoms with Gasteiger partial charge in [-0.05, 0) is 12.1 Å². The molecule has 0 bridgehead atoms. The number of carbonyl (C=O) groups excluding carboxylic acids is 1. The predicted molar refractivity (Wildman–Crippen MR) is 120 cm³/mol. The highest BCUT2D eigenvalue weighted by Crippen LogP contribution is 2.41. The molecule has 4 N–H and O–H groups in total. The number of methoxy groups -OCH3 is 3. The van der Waals surface area contributed by atoms with E-state index in [0.29, 0.717) is 39.9 Å². The quantitative estimate of drug-likeness (QED) is 0.510. The smallest absolute Gasteiger partial charge is 0.221 e. The number of aromatic nitrogens is 2. The van der Waals surface area contributed by atoms with E-state index in [0.717, 1.165) is 0 Å². The molecule has 0 fully saturated rings. The molecule has 2 aromatic carbocycles. The summed E-state index contributed by atoms with van der Waals surface area (Å²) in [7, 11) is 4.52. The van der Waals surface area contributed by atoms with Crippen molar-refractivity contribution in [2.75, 3.05) is 37.7 Å². The maximum Gasteiger partial charge on any atom is 0.221 e. The van der Waals surface area contributed by atoms with Crippen LogP contribution >= 0.6 is 0 Å². The molecule has 0 unspecified atom stereocenters. The molecule has 0 aliphatic rings. The van der Waals surface area contributed by atoms with E-state index < -0.39 is 0 Å². The van der Waals surface area contributed by atoms with Gasteiger partial charge in [0.05, 0.1) is 21.3 Å². The van der Waals surface area contributed by atoms with E-state index in [1.165, 1.54) is 28.3 Å². The molecule has 32 heavy (non-hydrogen) atoms. The first kappa shape index (κ1) is 22.2. The highest BCUT2D eigenvalue weighted by Gasteiger charge is 2.17. The van der Waals surface area contributed by atoms with Gasteiger partial charge in [-0.2, -0.15) is 5.26 Å². The standard InChI is InChI=1S/C22H22N6O4/c1-12(29)25-14-7-5-6-13(8-14)19-21(24)27-16(11-23)22(28-19)26-15-9-17(30-2)20(32-4)18(10-15)31-3/h5-10H,1-4H3,(H2,24,27)(H,25,29)(H,26,28). The van der Waals surface area contributed by atoms with Gasteiger partial charge in [-0.1, -0.05) is 12.1 Å². The van der Waals surface area contributed by atoms with Crippen LogP contribution in [0.15, 0.2) is 36.4 Å². The molecule has 164 valence electrons. The lowest BCUT2D eigenvalue weighted by Gasteiger charge is -2.16. The van der Waals surface area contributed by atoms with Gasteiger partial charge in [0.1, 0.15) is 11.8 Å². The fraction of sp³-hybridized carbons (Fsp3) is 0.182. The Bertz CT molecular complexity index is 1180.